The Bertz CT molecular complexity index is 468. The van der Waals surface area contributed by atoms with Crippen LogP contribution >= 0.6 is 15.9 Å². The van der Waals surface area contributed by atoms with Crippen LogP contribution in [0.1, 0.15) is 30.1 Å². The smallest absolute Gasteiger partial charge is 0.337 e. The van der Waals surface area contributed by atoms with Crippen LogP contribution in [0, 0.1) is 12.8 Å². The van der Waals surface area contributed by atoms with Gasteiger partial charge in [0.25, 0.3) is 0 Å². The molecule has 0 heterocycles. The summed E-state index contributed by atoms with van der Waals surface area (Å²) in [7, 11) is 0. The number of carboxylic acid groups (broad SMARTS) is 1. The SMILES string of the molecule is Cc1cc(Br)c(OCC2CC2)c(C(O)C(=O)O)c1. The molecule has 1 unspecified atom stereocenters. The van der Waals surface area contributed by atoms with Gasteiger partial charge >= 0.3 is 5.97 Å². The zero-order valence-corrected chi connectivity index (χ0v) is 11.6. The minimum absolute atomic E-state index is 0.301. The number of aliphatic carboxylic acids is 1. The highest BCUT2D eigenvalue weighted by atomic mass is 79.9. The van der Waals surface area contributed by atoms with Gasteiger partial charge < -0.3 is 14.9 Å². The monoisotopic (exact) mass is 314 g/mol. The number of carbonyl (C=O) groups is 1. The van der Waals surface area contributed by atoms with Crippen molar-refractivity contribution >= 4 is 21.9 Å². The fourth-order valence-electron chi connectivity index (χ4n) is 1.73. The van der Waals surface area contributed by atoms with Gasteiger partial charge in [-0.25, -0.2) is 4.79 Å². The van der Waals surface area contributed by atoms with E-state index in [1.807, 2.05) is 13.0 Å². The van der Waals surface area contributed by atoms with Crippen LogP contribution < -0.4 is 4.74 Å². The first kappa shape index (κ1) is 13.4. The van der Waals surface area contributed by atoms with Gasteiger partial charge in [-0.3, -0.25) is 0 Å². The van der Waals surface area contributed by atoms with Crippen LogP contribution in [0.2, 0.25) is 0 Å². The maximum absolute atomic E-state index is 10.9. The van der Waals surface area contributed by atoms with Gasteiger partial charge in [0.05, 0.1) is 11.1 Å². The molecule has 1 aromatic rings. The number of benzene rings is 1. The molecule has 18 heavy (non-hydrogen) atoms. The highest BCUT2D eigenvalue weighted by molar-refractivity contribution is 9.10. The lowest BCUT2D eigenvalue weighted by atomic mass is 10.1. The summed E-state index contributed by atoms with van der Waals surface area (Å²) in [4.78, 5) is 10.9. The topological polar surface area (TPSA) is 66.8 Å². The summed E-state index contributed by atoms with van der Waals surface area (Å²) in [6.45, 7) is 2.41. The maximum atomic E-state index is 10.9. The molecule has 1 aliphatic rings. The third kappa shape index (κ3) is 3.03. The second kappa shape index (κ2) is 5.28. The first-order valence-electron chi connectivity index (χ1n) is 5.82. The Morgan fingerprint density at radius 2 is 2.22 bits per heavy atom. The molecule has 5 heteroatoms. The molecule has 0 spiro atoms. The van der Waals surface area contributed by atoms with E-state index in [-0.39, 0.29) is 0 Å². The summed E-state index contributed by atoms with van der Waals surface area (Å²) in [5.41, 5.74) is 1.17. The molecule has 0 radical (unpaired) electrons. The van der Waals surface area contributed by atoms with E-state index in [1.165, 1.54) is 0 Å². The van der Waals surface area contributed by atoms with Gasteiger partial charge in [0.15, 0.2) is 6.10 Å². The molecule has 0 amide bonds. The predicted octanol–water partition coefficient (Wildman–Crippen LogP) is 2.66. The Morgan fingerprint density at radius 1 is 1.56 bits per heavy atom. The van der Waals surface area contributed by atoms with Crippen molar-refractivity contribution in [3.8, 4) is 5.75 Å². The second-order valence-electron chi connectivity index (χ2n) is 4.66. The van der Waals surface area contributed by atoms with E-state index in [0.29, 0.717) is 28.3 Å². The first-order valence-corrected chi connectivity index (χ1v) is 6.62. The van der Waals surface area contributed by atoms with Crippen LogP contribution in [0.15, 0.2) is 16.6 Å². The van der Waals surface area contributed by atoms with Gasteiger partial charge in [0.2, 0.25) is 0 Å². The molecule has 1 aliphatic carbocycles. The third-order valence-corrected chi connectivity index (χ3v) is 3.49. The third-order valence-electron chi connectivity index (χ3n) is 2.91. The lowest BCUT2D eigenvalue weighted by Crippen LogP contribution is -2.13. The molecule has 2 N–H and O–H groups in total. The van der Waals surface area contributed by atoms with Crippen LogP contribution in [-0.2, 0) is 4.79 Å². The first-order chi connectivity index (χ1) is 8.49. The number of rotatable bonds is 5. The van der Waals surface area contributed by atoms with Crippen molar-refractivity contribution in [2.24, 2.45) is 5.92 Å². The molecular weight excluding hydrogens is 300 g/mol. The summed E-state index contributed by atoms with van der Waals surface area (Å²) in [6.07, 6.45) is 0.746. The number of hydrogen-bond acceptors (Lipinski definition) is 3. The van der Waals surface area contributed by atoms with E-state index >= 15 is 0 Å². The molecule has 98 valence electrons. The number of halogens is 1. The minimum Gasteiger partial charge on any atom is -0.492 e. The van der Waals surface area contributed by atoms with Gasteiger partial charge in [-0.15, -0.1) is 0 Å². The van der Waals surface area contributed by atoms with E-state index in [4.69, 9.17) is 9.84 Å². The van der Waals surface area contributed by atoms with Gasteiger partial charge in [-0.1, -0.05) is 0 Å². The van der Waals surface area contributed by atoms with E-state index in [0.717, 1.165) is 18.4 Å². The molecule has 4 nitrogen and oxygen atoms in total. The van der Waals surface area contributed by atoms with E-state index in [1.54, 1.807) is 6.07 Å². The zero-order chi connectivity index (χ0) is 13.3. The Balaban J connectivity index is 2.30. The molecule has 0 saturated heterocycles. The average Bonchev–Trinajstić information content (AvgIpc) is 3.09. The molecule has 1 atom stereocenters. The molecular formula is C13H15BrO4. The van der Waals surface area contributed by atoms with E-state index in [9.17, 15) is 9.90 Å². The van der Waals surface area contributed by atoms with E-state index in [2.05, 4.69) is 15.9 Å². The largest absolute Gasteiger partial charge is 0.492 e. The fourth-order valence-corrected chi connectivity index (χ4v) is 2.43. The van der Waals surface area contributed by atoms with Crippen molar-refractivity contribution in [1.82, 2.24) is 0 Å². The number of aliphatic hydroxyl groups excluding tert-OH is 1. The van der Waals surface area contributed by atoms with Crippen LogP contribution in [-0.4, -0.2) is 22.8 Å². The van der Waals surface area contributed by atoms with Crippen LogP contribution in [0.4, 0.5) is 0 Å². The van der Waals surface area contributed by atoms with Gasteiger partial charge in [0, 0.05) is 5.56 Å². The quantitative estimate of drug-likeness (QED) is 0.877. The van der Waals surface area contributed by atoms with Crippen molar-refractivity contribution in [3.05, 3.63) is 27.7 Å². The summed E-state index contributed by atoms with van der Waals surface area (Å²) < 4.78 is 6.33. The fraction of sp³-hybridized carbons (Fsp3) is 0.462. The second-order valence-corrected chi connectivity index (χ2v) is 5.51. The Morgan fingerprint density at radius 3 is 2.78 bits per heavy atom. The van der Waals surface area contributed by atoms with Gasteiger partial charge in [-0.05, 0) is 59.3 Å². The standard InChI is InChI=1S/C13H15BrO4/c1-7-4-9(11(15)13(16)17)12(10(14)5-7)18-6-8-2-3-8/h4-5,8,11,15H,2-3,6H2,1H3,(H,16,17). The molecule has 0 bridgehead atoms. The average molecular weight is 315 g/mol. The molecule has 0 aromatic heterocycles. The Labute approximate surface area is 114 Å². The number of ether oxygens (including phenoxy) is 1. The molecule has 0 aliphatic heterocycles. The highest BCUT2D eigenvalue weighted by Gasteiger charge is 2.26. The van der Waals surface area contributed by atoms with Crippen molar-refractivity contribution in [2.75, 3.05) is 6.61 Å². The highest BCUT2D eigenvalue weighted by Crippen LogP contribution is 2.37. The van der Waals surface area contributed by atoms with Crippen LogP contribution in [0.3, 0.4) is 0 Å². The van der Waals surface area contributed by atoms with Crippen molar-refractivity contribution in [3.63, 3.8) is 0 Å². The lowest BCUT2D eigenvalue weighted by molar-refractivity contribution is -0.147. The van der Waals surface area contributed by atoms with Crippen LogP contribution in [0.5, 0.6) is 5.75 Å². The van der Waals surface area contributed by atoms with Crippen molar-refractivity contribution in [1.29, 1.82) is 0 Å². The number of aryl methyl sites for hydroxylation is 1. The molecule has 2 rings (SSSR count). The van der Waals surface area contributed by atoms with Crippen molar-refractivity contribution < 1.29 is 19.7 Å². The zero-order valence-electron chi connectivity index (χ0n) is 10.0. The number of carboxylic acids is 1. The van der Waals surface area contributed by atoms with Crippen LogP contribution in [0.25, 0.3) is 0 Å². The maximum Gasteiger partial charge on any atom is 0.337 e. The van der Waals surface area contributed by atoms with Gasteiger partial charge in [0.1, 0.15) is 5.75 Å². The Kier molecular flexibility index (Phi) is 3.92. The summed E-state index contributed by atoms with van der Waals surface area (Å²) in [5, 5.41) is 18.6. The summed E-state index contributed by atoms with van der Waals surface area (Å²) in [5.74, 6) is -0.279. The Hall–Kier alpha value is -1.07. The molecule has 1 fully saturated rings. The number of aliphatic hydroxyl groups is 1. The minimum atomic E-state index is -1.56. The number of hydrogen-bond donors (Lipinski definition) is 2. The normalized spacial score (nSPS) is 16.4. The summed E-state index contributed by atoms with van der Waals surface area (Å²) >= 11 is 3.36. The molecule has 1 aromatic carbocycles. The van der Waals surface area contributed by atoms with Crippen molar-refractivity contribution in [2.45, 2.75) is 25.9 Å². The predicted molar refractivity (Wildman–Crippen MR) is 69.7 cm³/mol. The lowest BCUT2D eigenvalue weighted by Gasteiger charge is -2.16. The van der Waals surface area contributed by atoms with E-state index < -0.39 is 12.1 Å². The van der Waals surface area contributed by atoms with Gasteiger partial charge in [-0.2, -0.15) is 0 Å². The summed E-state index contributed by atoms with van der Waals surface area (Å²) in [6, 6.07) is 3.49. The molecule has 1 saturated carbocycles.